The summed E-state index contributed by atoms with van der Waals surface area (Å²) in [4.78, 5) is 17.7. The summed E-state index contributed by atoms with van der Waals surface area (Å²) in [6.45, 7) is 1.91. The first-order valence-electron chi connectivity index (χ1n) is 7.45. The maximum Gasteiger partial charge on any atom is 0.254 e. The molecule has 1 fully saturated rings. The van der Waals surface area contributed by atoms with Crippen molar-refractivity contribution in [2.24, 2.45) is 0 Å². The number of hydrogen-bond donors (Lipinski definition) is 2. The average Bonchev–Trinajstić information content (AvgIpc) is 3.18. The van der Waals surface area contributed by atoms with Crippen LogP contribution in [0.15, 0.2) is 42.0 Å². The topological polar surface area (TPSA) is 67.7 Å². The first-order chi connectivity index (χ1) is 11.3. The average molecular weight is 328 g/mol. The standard InChI is InChI=1S/C16H16N4O2S/c21-15(14-9-17-5-7-22-14)18-12-3-1-11(2-4-12)13-10-20-6-8-23-16(20)19-13/h1-4,6,8,10,14,17H,5,7,9H2,(H,18,21)/t14-/m1/s1. The van der Waals surface area contributed by atoms with E-state index < -0.39 is 6.10 Å². The Labute approximate surface area is 137 Å². The highest BCUT2D eigenvalue weighted by molar-refractivity contribution is 7.15. The van der Waals surface area contributed by atoms with Crippen LogP contribution >= 0.6 is 11.3 Å². The van der Waals surface area contributed by atoms with Gasteiger partial charge in [0.05, 0.1) is 12.3 Å². The maximum atomic E-state index is 12.1. The van der Waals surface area contributed by atoms with Gasteiger partial charge in [-0.2, -0.15) is 0 Å². The minimum absolute atomic E-state index is 0.118. The minimum Gasteiger partial charge on any atom is -0.366 e. The number of fused-ring (bicyclic) bond motifs is 1. The second-order valence-electron chi connectivity index (χ2n) is 5.35. The van der Waals surface area contributed by atoms with E-state index in [1.807, 2.05) is 46.4 Å². The number of aromatic nitrogens is 2. The van der Waals surface area contributed by atoms with E-state index in [0.717, 1.165) is 28.5 Å². The van der Waals surface area contributed by atoms with Gasteiger partial charge in [-0.25, -0.2) is 4.98 Å². The predicted octanol–water partition coefficient (Wildman–Crippen LogP) is 1.99. The molecule has 1 amide bonds. The Hall–Kier alpha value is -2.22. The molecule has 118 valence electrons. The fourth-order valence-corrected chi connectivity index (χ4v) is 3.25. The number of thiazole rings is 1. The lowest BCUT2D eigenvalue weighted by Gasteiger charge is -2.22. The van der Waals surface area contributed by atoms with Gasteiger partial charge in [-0.05, 0) is 12.1 Å². The van der Waals surface area contributed by atoms with Crippen LogP contribution in [0.4, 0.5) is 5.69 Å². The van der Waals surface area contributed by atoms with Gasteiger partial charge in [-0.15, -0.1) is 11.3 Å². The highest BCUT2D eigenvalue weighted by Gasteiger charge is 2.21. The molecule has 7 heteroatoms. The van der Waals surface area contributed by atoms with Crippen molar-refractivity contribution in [1.82, 2.24) is 14.7 Å². The van der Waals surface area contributed by atoms with Crippen LogP contribution in [0, 0.1) is 0 Å². The molecule has 23 heavy (non-hydrogen) atoms. The summed E-state index contributed by atoms with van der Waals surface area (Å²) in [5, 5.41) is 8.04. The van der Waals surface area contributed by atoms with Gasteiger partial charge < -0.3 is 15.4 Å². The molecule has 1 aromatic carbocycles. The van der Waals surface area contributed by atoms with Crippen LogP contribution < -0.4 is 10.6 Å². The zero-order valence-electron chi connectivity index (χ0n) is 12.4. The molecule has 4 rings (SSSR count). The summed E-state index contributed by atoms with van der Waals surface area (Å²) in [6.07, 6.45) is 3.56. The SMILES string of the molecule is O=C(Nc1ccc(-c2cn3ccsc3n2)cc1)[C@H]1CNCCO1. The van der Waals surface area contributed by atoms with E-state index in [9.17, 15) is 4.79 Å². The summed E-state index contributed by atoms with van der Waals surface area (Å²) in [5.74, 6) is -0.118. The molecule has 1 atom stereocenters. The van der Waals surface area contributed by atoms with Crippen LogP contribution in [0.25, 0.3) is 16.2 Å². The number of carbonyl (C=O) groups excluding carboxylic acids is 1. The van der Waals surface area contributed by atoms with Crippen molar-refractivity contribution in [3.63, 3.8) is 0 Å². The highest BCUT2D eigenvalue weighted by Crippen LogP contribution is 2.23. The van der Waals surface area contributed by atoms with E-state index in [1.54, 1.807) is 11.3 Å². The van der Waals surface area contributed by atoms with Crippen molar-refractivity contribution in [2.75, 3.05) is 25.0 Å². The number of morpholine rings is 1. The third-order valence-corrected chi connectivity index (χ3v) is 4.53. The fraction of sp³-hybridized carbons (Fsp3) is 0.250. The lowest BCUT2D eigenvalue weighted by atomic mass is 10.1. The maximum absolute atomic E-state index is 12.1. The molecule has 0 saturated carbocycles. The van der Waals surface area contributed by atoms with E-state index in [2.05, 4.69) is 15.6 Å². The monoisotopic (exact) mass is 328 g/mol. The Kier molecular flexibility index (Phi) is 3.82. The largest absolute Gasteiger partial charge is 0.366 e. The molecule has 0 radical (unpaired) electrons. The molecular weight excluding hydrogens is 312 g/mol. The van der Waals surface area contributed by atoms with Crippen molar-refractivity contribution in [3.05, 3.63) is 42.0 Å². The number of amides is 1. The Morgan fingerprint density at radius 2 is 2.26 bits per heavy atom. The smallest absolute Gasteiger partial charge is 0.254 e. The summed E-state index contributed by atoms with van der Waals surface area (Å²) in [6, 6.07) is 7.69. The molecule has 6 nitrogen and oxygen atoms in total. The van der Waals surface area contributed by atoms with Gasteiger partial charge in [0.15, 0.2) is 4.96 Å². The van der Waals surface area contributed by atoms with Gasteiger partial charge in [0.25, 0.3) is 5.91 Å². The second-order valence-corrected chi connectivity index (χ2v) is 6.22. The molecule has 1 saturated heterocycles. The Balaban J connectivity index is 1.47. The van der Waals surface area contributed by atoms with Gasteiger partial charge in [0.2, 0.25) is 0 Å². The van der Waals surface area contributed by atoms with Crippen molar-refractivity contribution in [1.29, 1.82) is 0 Å². The van der Waals surface area contributed by atoms with Crippen molar-refractivity contribution < 1.29 is 9.53 Å². The molecule has 1 aliphatic heterocycles. The molecule has 2 N–H and O–H groups in total. The van der Waals surface area contributed by atoms with Crippen LogP contribution in [0.1, 0.15) is 0 Å². The number of nitrogens with one attached hydrogen (secondary N) is 2. The zero-order valence-corrected chi connectivity index (χ0v) is 13.2. The molecule has 3 heterocycles. The van der Waals surface area contributed by atoms with Gasteiger partial charge in [-0.3, -0.25) is 9.20 Å². The van der Waals surface area contributed by atoms with E-state index in [1.165, 1.54) is 0 Å². The zero-order chi connectivity index (χ0) is 15.6. The van der Waals surface area contributed by atoms with Crippen LogP contribution in [0.3, 0.4) is 0 Å². The van der Waals surface area contributed by atoms with E-state index in [-0.39, 0.29) is 5.91 Å². The minimum atomic E-state index is -0.427. The molecule has 3 aromatic rings. The number of imidazole rings is 1. The number of carbonyl (C=O) groups is 1. The van der Waals surface area contributed by atoms with E-state index >= 15 is 0 Å². The fourth-order valence-electron chi connectivity index (χ4n) is 2.55. The van der Waals surface area contributed by atoms with Crippen molar-refractivity contribution in [3.8, 4) is 11.3 Å². The van der Waals surface area contributed by atoms with Crippen LogP contribution in [-0.4, -0.2) is 41.1 Å². The lowest BCUT2D eigenvalue weighted by molar-refractivity contribution is -0.128. The molecule has 1 aliphatic rings. The number of anilines is 1. The second kappa shape index (κ2) is 6.11. The first-order valence-corrected chi connectivity index (χ1v) is 8.33. The Bertz CT molecular complexity index is 790. The van der Waals surface area contributed by atoms with Gasteiger partial charge in [-0.1, -0.05) is 12.1 Å². The van der Waals surface area contributed by atoms with Gasteiger partial charge >= 0.3 is 0 Å². The summed E-state index contributed by atoms with van der Waals surface area (Å²) in [5.41, 5.74) is 2.71. The molecular formula is C16H16N4O2S. The molecule has 0 spiro atoms. The van der Waals surface area contributed by atoms with E-state index in [0.29, 0.717) is 13.2 Å². The van der Waals surface area contributed by atoms with Crippen LogP contribution in [-0.2, 0) is 9.53 Å². The quantitative estimate of drug-likeness (QED) is 0.771. The first kappa shape index (κ1) is 14.4. The third-order valence-electron chi connectivity index (χ3n) is 3.76. The van der Waals surface area contributed by atoms with Gasteiger partial charge in [0.1, 0.15) is 6.10 Å². The van der Waals surface area contributed by atoms with Gasteiger partial charge in [0, 0.05) is 42.1 Å². The number of benzene rings is 1. The summed E-state index contributed by atoms with van der Waals surface area (Å²) >= 11 is 1.61. The number of hydrogen-bond acceptors (Lipinski definition) is 5. The van der Waals surface area contributed by atoms with E-state index in [4.69, 9.17) is 4.74 Å². The summed E-state index contributed by atoms with van der Waals surface area (Å²) in [7, 11) is 0. The third kappa shape index (κ3) is 2.98. The van der Waals surface area contributed by atoms with Crippen molar-refractivity contribution >= 4 is 27.9 Å². The lowest BCUT2D eigenvalue weighted by Crippen LogP contribution is -2.45. The predicted molar refractivity (Wildman–Crippen MR) is 89.7 cm³/mol. The van der Waals surface area contributed by atoms with Crippen LogP contribution in [0.5, 0.6) is 0 Å². The molecule has 2 aromatic heterocycles. The number of rotatable bonds is 3. The van der Waals surface area contributed by atoms with Crippen molar-refractivity contribution in [2.45, 2.75) is 6.10 Å². The Morgan fingerprint density at radius 3 is 3.00 bits per heavy atom. The highest BCUT2D eigenvalue weighted by atomic mass is 32.1. The normalized spacial score (nSPS) is 18.2. The summed E-state index contributed by atoms with van der Waals surface area (Å²) < 4.78 is 7.45. The molecule has 0 unspecified atom stereocenters. The molecule has 0 aliphatic carbocycles. The number of ether oxygens (including phenoxy) is 1. The van der Waals surface area contributed by atoms with Crippen LogP contribution in [0.2, 0.25) is 0 Å². The number of nitrogens with zero attached hydrogens (tertiary/aromatic N) is 2. The Morgan fingerprint density at radius 1 is 1.39 bits per heavy atom. The molecule has 0 bridgehead atoms.